The van der Waals surface area contributed by atoms with Crippen LogP contribution in [0.5, 0.6) is 5.75 Å². The lowest BCUT2D eigenvalue weighted by atomic mass is 9.84. The number of carboxylic acids is 1. The fourth-order valence-electron chi connectivity index (χ4n) is 5.39. The average Bonchev–Trinajstić information content (AvgIpc) is 3.60. The summed E-state index contributed by atoms with van der Waals surface area (Å²) in [6.07, 6.45) is -3.94. The van der Waals surface area contributed by atoms with Gasteiger partial charge in [0.2, 0.25) is 0 Å². The van der Waals surface area contributed by atoms with Gasteiger partial charge >= 0.3 is 18.1 Å². The molecule has 10 nitrogen and oxygen atoms in total. The third kappa shape index (κ3) is 6.60. The number of fused-ring (bicyclic) bond motifs is 1. The zero-order valence-corrected chi connectivity index (χ0v) is 24.1. The second-order valence-corrected chi connectivity index (χ2v) is 12.2. The number of carbonyl (C=O) groups excluding carboxylic acids is 2. The van der Waals surface area contributed by atoms with E-state index in [2.05, 4.69) is 9.72 Å². The average molecular weight is 603 g/mol. The summed E-state index contributed by atoms with van der Waals surface area (Å²) < 4.78 is 48.8. The third-order valence-electron chi connectivity index (χ3n) is 7.76. The SMILES string of the molecule is CC(C)(C)c1cc(C(=O)CN2Cc3ccc(C4CC4)nc3C2=N)cc(N2CCC(OC(=O)C(F)(F)F)C2)c1OCC(=O)O. The van der Waals surface area contributed by atoms with Crippen molar-refractivity contribution in [2.45, 2.75) is 70.2 Å². The lowest BCUT2D eigenvalue weighted by Gasteiger charge is -2.29. The Morgan fingerprint density at radius 3 is 2.47 bits per heavy atom. The highest BCUT2D eigenvalue weighted by molar-refractivity contribution is 6.05. The van der Waals surface area contributed by atoms with Crippen LogP contribution in [-0.2, 0) is 26.3 Å². The Labute approximate surface area is 246 Å². The molecule has 13 heteroatoms. The molecule has 1 aromatic heterocycles. The molecule has 1 saturated carbocycles. The van der Waals surface area contributed by atoms with Crippen molar-refractivity contribution in [1.29, 1.82) is 5.41 Å². The van der Waals surface area contributed by atoms with Crippen molar-refractivity contribution in [3.05, 3.63) is 52.3 Å². The van der Waals surface area contributed by atoms with Crippen molar-refractivity contribution >= 4 is 29.2 Å². The van der Waals surface area contributed by atoms with Gasteiger partial charge in [-0.1, -0.05) is 26.8 Å². The molecule has 0 bridgehead atoms. The Kier molecular flexibility index (Phi) is 7.86. The van der Waals surface area contributed by atoms with Crippen LogP contribution in [0.1, 0.15) is 78.8 Å². The van der Waals surface area contributed by atoms with Crippen LogP contribution in [0.25, 0.3) is 0 Å². The van der Waals surface area contributed by atoms with Gasteiger partial charge in [-0.2, -0.15) is 13.2 Å². The van der Waals surface area contributed by atoms with E-state index in [1.54, 1.807) is 15.9 Å². The Morgan fingerprint density at radius 1 is 1.12 bits per heavy atom. The number of hydrogen-bond donors (Lipinski definition) is 2. The summed E-state index contributed by atoms with van der Waals surface area (Å²) in [7, 11) is 0. The summed E-state index contributed by atoms with van der Waals surface area (Å²) in [6.45, 7) is 5.23. The number of rotatable bonds is 9. The Hall–Kier alpha value is -4.16. The number of amidine groups is 1. The van der Waals surface area contributed by atoms with Crippen LogP contribution in [0.2, 0.25) is 0 Å². The van der Waals surface area contributed by atoms with E-state index in [9.17, 15) is 32.7 Å². The van der Waals surface area contributed by atoms with E-state index in [-0.39, 0.29) is 49.0 Å². The number of alkyl halides is 3. The number of anilines is 1. The first-order valence-corrected chi connectivity index (χ1v) is 14.0. The molecule has 1 unspecified atom stereocenters. The molecule has 3 heterocycles. The van der Waals surface area contributed by atoms with Gasteiger partial charge in [0, 0.05) is 47.8 Å². The number of Topliss-reactive ketones (excluding diaryl/α,β-unsaturated/α-hetero) is 1. The molecule has 2 N–H and O–H groups in total. The topological polar surface area (TPSA) is 133 Å². The molecule has 2 fully saturated rings. The van der Waals surface area contributed by atoms with Crippen molar-refractivity contribution in [2.24, 2.45) is 0 Å². The number of halogens is 3. The molecule has 2 aliphatic heterocycles. The van der Waals surface area contributed by atoms with Gasteiger partial charge in [-0.3, -0.25) is 10.2 Å². The molecule has 3 aliphatic rings. The molecule has 0 spiro atoms. The molecule has 1 aliphatic carbocycles. The Balaban J connectivity index is 1.43. The van der Waals surface area contributed by atoms with E-state index in [0.717, 1.165) is 24.1 Å². The molecule has 230 valence electrons. The minimum absolute atomic E-state index is 0.0995. The van der Waals surface area contributed by atoms with E-state index in [1.807, 2.05) is 32.9 Å². The van der Waals surface area contributed by atoms with Crippen molar-refractivity contribution in [3.8, 4) is 5.75 Å². The molecule has 43 heavy (non-hydrogen) atoms. The highest BCUT2D eigenvalue weighted by Gasteiger charge is 2.43. The van der Waals surface area contributed by atoms with Crippen molar-refractivity contribution in [3.63, 3.8) is 0 Å². The standard InChI is InChI=1S/C30H33F3N4O6/c1-29(2,3)20-10-18(23(38)14-37-12-17-6-7-21(16-4-5-16)35-25(17)27(37)34)11-22(26(20)42-15-24(39)40)36-9-8-19(13-36)43-28(41)30(31,32)33/h6-7,10-11,16,19,34H,4-5,8-9,12-15H2,1-3H3,(H,39,40). The van der Waals surface area contributed by atoms with E-state index in [1.165, 1.54) is 6.07 Å². The smallest absolute Gasteiger partial charge is 0.479 e. The number of nitrogens with one attached hydrogen (secondary N) is 1. The predicted octanol–water partition coefficient (Wildman–Crippen LogP) is 4.43. The van der Waals surface area contributed by atoms with Gasteiger partial charge in [0.15, 0.2) is 12.4 Å². The number of hydrogen-bond acceptors (Lipinski definition) is 8. The number of carboxylic acid groups (broad SMARTS) is 1. The molecule has 2 aromatic rings. The van der Waals surface area contributed by atoms with E-state index < -0.39 is 36.2 Å². The maximum absolute atomic E-state index is 13.7. The Morgan fingerprint density at radius 2 is 1.84 bits per heavy atom. The molecule has 5 rings (SSSR count). The first kappa shape index (κ1) is 30.3. The summed E-state index contributed by atoms with van der Waals surface area (Å²) in [5, 5.41) is 18.0. The monoisotopic (exact) mass is 602 g/mol. The number of pyridine rings is 1. The van der Waals surface area contributed by atoms with Gasteiger partial charge < -0.3 is 24.4 Å². The largest absolute Gasteiger partial charge is 0.490 e. The minimum Gasteiger partial charge on any atom is -0.479 e. The number of nitrogens with zero attached hydrogens (tertiary/aromatic N) is 3. The zero-order chi connectivity index (χ0) is 31.3. The zero-order valence-electron chi connectivity index (χ0n) is 24.1. The van der Waals surface area contributed by atoms with Gasteiger partial charge in [-0.15, -0.1) is 0 Å². The fourth-order valence-corrected chi connectivity index (χ4v) is 5.39. The Bertz CT molecular complexity index is 1480. The minimum atomic E-state index is -5.13. The molecule has 0 radical (unpaired) electrons. The first-order valence-electron chi connectivity index (χ1n) is 14.0. The molecule has 1 aromatic carbocycles. The van der Waals surface area contributed by atoms with Crippen LogP contribution >= 0.6 is 0 Å². The first-order chi connectivity index (χ1) is 20.1. The summed E-state index contributed by atoms with van der Waals surface area (Å²) in [6, 6.07) is 7.09. The number of esters is 1. The number of carbonyl (C=O) groups is 3. The number of ketones is 1. The predicted molar refractivity (Wildman–Crippen MR) is 149 cm³/mol. The molecular weight excluding hydrogens is 569 g/mol. The van der Waals surface area contributed by atoms with E-state index in [0.29, 0.717) is 29.4 Å². The van der Waals surface area contributed by atoms with Crippen molar-refractivity contribution in [1.82, 2.24) is 9.88 Å². The fraction of sp³-hybridized carbons (Fsp3) is 0.500. The number of aromatic nitrogens is 1. The van der Waals surface area contributed by atoms with Crippen LogP contribution in [0.3, 0.4) is 0 Å². The highest BCUT2D eigenvalue weighted by atomic mass is 19.4. The van der Waals surface area contributed by atoms with Gasteiger partial charge in [-0.25, -0.2) is 14.6 Å². The summed E-state index contributed by atoms with van der Waals surface area (Å²) in [5.74, 6) is -3.05. The van der Waals surface area contributed by atoms with Gasteiger partial charge in [0.25, 0.3) is 0 Å². The van der Waals surface area contributed by atoms with E-state index >= 15 is 0 Å². The summed E-state index contributed by atoms with van der Waals surface area (Å²) in [4.78, 5) is 44.5. The second kappa shape index (κ2) is 11.2. The van der Waals surface area contributed by atoms with Crippen LogP contribution in [0, 0.1) is 5.41 Å². The van der Waals surface area contributed by atoms with Gasteiger partial charge in [0.1, 0.15) is 23.4 Å². The third-order valence-corrected chi connectivity index (χ3v) is 7.76. The lowest BCUT2D eigenvalue weighted by Crippen LogP contribution is -2.32. The molecule has 1 saturated heterocycles. The maximum atomic E-state index is 13.7. The lowest BCUT2D eigenvalue weighted by molar-refractivity contribution is -0.203. The second-order valence-electron chi connectivity index (χ2n) is 12.2. The quantitative estimate of drug-likeness (QED) is 0.316. The highest BCUT2D eigenvalue weighted by Crippen LogP contribution is 2.42. The summed E-state index contributed by atoms with van der Waals surface area (Å²) in [5.41, 5.74) is 2.89. The molecule has 0 amide bonds. The molecule has 1 atom stereocenters. The van der Waals surface area contributed by atoms with Crippen LogP contribution in [0.15, 0.2) is 24.3 Å². The van der Waals surface area contributed by atoms with E-state index in [4.69, 9.17) is 10.1 Å². The number of aliphatic carboxylic acids is 1. The van der Waals surface area contributed by atoms with Crippen molar-refractivity contribution < 1.29 is 42.1 Å². The maximum Gasteiger partial charge on any atom is 0.490 e. The van der Waals surface area contributed by atoms with Crippen molar-refractivity contribution in [2.75, 3.05) is 31.1 Å². The summed E-state index contributed by atoms with van der Waals surface area (Å²) >= 11 is 0. The van der Waals surface area contributed by atoms with Gasteiger partial charge in [0.05, 0.1) is 18.8 Å². The number of benzene rings is 1. The van der Waals surface area contributed by atoms with Crippen LogP contribution in [0.4, 0.5) is 18.9 Å². The number of ether oxygens (including phenoxy) is 2. The van der Waals surface area contributed by atoms with Crippen LogP contribution in [-0.4, -0.2) is 77.1 Å². The van der Waals surface area contributed by atoms with Crippen LogP contribution < -0.4 is 9.64 Å². The molecular formula is C30H33F3N4O6. The van der Waals surface area contributed by atoms with Gasteiger partial charge in [-0.05, 0) is 36.5 Å². The normalized spacial score (nSPS) is 18.6.